The number of aryl methyl sites for hydroxylation is 3. The van der Waals surface area contributed by atoms with Gasteiger partial charge in [-0.15, -0.1) is 5.10 Å². The maximum Gasteiger partial charge on any atom is 0.406 e. The highest BCUT2D eigenvalue weighted by molar-refractivity contribution is 5.98. The van der Waals surface area contributed by atoms with Crippen LogP contribution in [0.25, 0.3) is 16.9 Å². The lowest BCUT2D eigenvalue weighted by Crippen LogP contribution is -2.42. The Morgan fingerprint density at radius 2 is 1.87 bits per heavy atom. The minimum Gasteiger partial charge on any atom is -0.495 e. The van der Waals surface area contributed by atoms with Gasteiger partial charge in [0.1, 0.15) is 24.0 Å². The first-order valence-corrected chi connectivity index (χ1v) is 12.1. The monoisotopic (exact) mass is 524 g/mol. The summed E-state index contributed by atoms with van der Waals surface area (Å²) in [5, 5.41) is 8.40. The SMILES string of the molecule is COc1cc(-c2cn([C@H]3CCc4c(C)cc(C)cc4N(CC(F)(F)F)C3=O)nn2)ccc1-n1cnc(C)c1. The molecule has 0 spiro atoms. The molecule has 198 valence electrons. The minimum absolute atomic E-state index is 0.301. The van der Waals surface area contributed by atoms with E-state index in [0.29, 0.717) is 35.5 Å². The zero-order valence-corrected chi connectivity index (χ0v) is 21.5. The Hall–Kier alpha value is -4.15. The van der Waals surface area contributed by atoms with Crippen molar-refractivity contribution in [3.05, 3.63) is 71.4 Å². The van der Waals surface area contributed by atoms with Crippen molar-refractivity contribution >= 4 is 11.6 Å². The normalized spacial score (nSPS) is 15.9. The Balaban J connectivity index is 1.49. The number of methoxy groups -OCH3 is 1. The van der Waals surface area contributed by atoms with Crippen molar-refractivity contribution in [1.29, 1.82) is 0 Å². The predicted octanol–water partition coefficient (Wildman–Crippen LogP) is 5.15. The van der Waals surface area contributed by atoms with Gasteiger partial charge >= 0.3 is 6.18 Å². The summed E-state index contributed by atoms with van der Waals surface area (Å²) in [6, 6.07) is 8.14. The fourth-order valence-electron chi connectivity index (χ4n) is 5.00. The summed E-state index contributed by atoms with van der Waals surface area (Å²) < 4.78 is 49.5. The number of amides is 1. The van der Waals surface area contributed by atoms with Crippen LogP contribution in [0.4, 0.5) is 18.9 Å². The van der Waals surface area contributed by atoms with Gasteiger partial charge in [-0.3, -0.25) is 4.79 Å². The van der Waals surface area contributed by atoms with E-state index < -0.39 is 24.7 Å². The standard InChI is InChI=1S/C27H27F3N6O2/c1-16-9-17(2)20-6-8-23(26(37)35(24(20)10-16)14-27(28,29)30)36-13-21(32-33-36)19-5-7-22(25(11-19)38-4)34-12-18(3)31-15-34/h5,7,9-13,15,23H,6,8,14H2,1-4H3/t23-/m0/s1. The summed E-state index contributed by atoms with van der Waals surface area (Å²) in [6.07, 6.45) is 1.34. The molecule has 0 saturated heterocycles. The Bertz CT molecular complexity index is 1510. The Labute approximate surface area is 217 Å². The van der Waals surface area contributed by atoms with Crippen LogP contribution in [0.5, 0.6) is 5.75 Å². The molecule has 1 aliphatic rings. The van der Waals surface area contributed by atoms with Crippen molar-refractivity contribution in [1.82, 2.24) is 24.5 Å². The molecule has 1 amide bonds. The Morgan fingerprint density at radius 3 is 2.55 bits per heavy atom. The number of ether oxygens (including phenoxy) is 1. The van der Waals surface area contributed by atoms with Gasteiger partial charge in [0.05, 0.1) is 31.0 Å². The van der Waals surface area contributed by atoms with E-state index in [1.807, 2.05) is 49.7 Å². The van der Waals surface area contributed by atoms with Crippen LogP contribution in [0, 0.1) is 20.8 Å². The lowest BCUT2D eigenvalue weighted by Gasteiger charge is -2.27. The number of benzene rings is 2. The van der Waals surface area contributed by atoms with Crippen molar-refractivity contribution in [2.45, 2.75) is 45.8 Å². The van der Waals surface area contributed by atoms with Crippen molar-refractivity contribution in [2.75, 3.05) is 18.6 Å². The lowest BCUT2D eigenvalue weighted by molar-refractivity contribution is -0.134. The summed E-state index contributed by atoms with van der Waals surface area (Å²) >= 11 is 0. The second kappa shape index (κ2) is 9.62. The molecule has 11 heteroatoms. The Kier molecular flexibility index (Phi) is 6.46. The third kappa shape index (κ3) is 4.88. The number of imidazole rings is 1. The Morgan fingerprint density at radius 1 is 1.08 bits per heavy atom. The van der Waals surface area contributed by atoms with Crippen LogP contribution in [0.1, 0.15) is 34.8 Å². The highest BCUT2D eigenvalue weighted by Gasteiger charge is 2.40. The topological polar surface area (TPSA) is 78.1 Å². The van der Waals surface area contributed by atoms with Crippen molar-refractivity contribution in [3.63, 3.8) is 0 Å². The average Bonchev–Trinajstić information content (AvgIpc) is 3.49. The molecule has 0 aliphatic carbocycles. The summed E-state index contributed by atoms with van der Waals surface area (Å²) in [4.78, 5) is 18.7. The van der Waals surface area contributed by atoms with Gasteiger partial charge in [-0.05, 0) is 68.5 Å². The van der Waals surface area contributed by atoms with E-state index in [1.54, 1.807) is 31.8 Å². The molecule has 4 aromatic rings. The van der Waals surface area contributed by atoms with Gasteiger partial charge in [0.25, 0.3) is 5.91 Å². The zero-order valence-electron chi connectivity index (χ0n) is 21.5. The molecule has 0 saturated carbocycles. The van der Waals surface area contributed by atoms with E-state index in [-0.39, 0.29) is 0 Å². The van der Waals surface area contributed by atoms with Crippen LogP contribution in [0.15, 0.2) is 49.1 Å². The van der Waals surface area contributed by atoms with Crippen LogP contribution in [0.3, 0.4) is 0 Å². The molecule has 2 aromatic carbocycles. The molecule has 8 nitrogen and oxygen atoms in total. The second-order valence-corrected chi connectivity index (χ2v) is 9.57. The molecule has 0 unspecified atom stereocenters. The van der Waals surface area contributed by atoms with E-state index in [1.165, 1.54) is 4.68 Å². The van der Waals surface area contributed by atoms with Gasteiger partial charge in [0.15, 0.2) is 0 Å². The third-order valence-electron chi connectivity index (χ3n) is 6.74. The number of aromatic nitrogens is 5. The summed E-state index contributed by atoms with van der Waals surface area (Å²) in [7, 11) is 1.56. The third-order valence-corrected chi connectivity index (χ3v) is 6.74. The van der Waals surface area contributed by atoms with Gasteiger partial charge < -0.3 is 14.2 Å². The minimum atomic E-state index is -4.56. The maximum absolute atomic E-state index is 13.6. The number of alkyl halides is 3. The van der Waals surface area contributed by atoms with Crippen LogP contribution in [0.2, 0.25) is 0 Å². The first-order valence-electron chi connectivity index (χ1n) is 12.1. The highest BCUT2D eigenvalue weighted by Crippen LogP contribution is 2.37. The average molecular weight is 525 g/mol. The summed E-state index contributed by atoms with van der Waals surface area (Å²) in [5.41, 5.74) is 5.52. The molecular formula is C27H27F3N6O2. The first kappa shape index (κ1) is 25.5. The van der Waals surface area contributed by atoms with E-state index in [9.17, 15) is 18.0 Å². The van der Waals surface area contributed by atoms with Gasteiger partial charge in [0, 0.05) is 17.4 Å². The van der Waals surface area contributed by atoms with Gasteiger partial charge in [-0.25, -0.2) is 9.67 Å². The number of anilines is 1. The number of carbonyl (C=O) groups is 1. The first-order chi connectivity index (χ1) is 18.0. The van der Waals surface area contributed by atoms with Crippen LogP contribution < -0.4 is 9.64 Å². The molecule has 1 aliphatic heterocycles. The molecule has 2 aromatic heterocycles. The molecule has 5 rings (SSSR count). The van der Waals surface area contributed by atoms with Gasteiger partial charge in [0.2, 0.25) is 0 Å². The highest BCUT2D eigenvalue weighted by atomic mass is 19.4. The van der Waals surface area contributed by atoms with Gasteiger partial charge in [-0.2, -0.15) is 13.2 Å². The van der Waals surface area contributed by atoms with E-state index in [2.05, 4.69) is 15.3 Å². The van der Waals surface area contributed by atoms with Crippen LogP contribution in [-0.4, -0.2) is 50.3 Å². The number of carbonyl (C=O) groups excluding carboxylic acids is 1. The van der Waals surface area contributed by atoms with Crippen molar-refractivity contribution < 1.29 is 22.7 Å². The molecule has 0 fully saturated rings. The maximum atomic E-state index is 13.6. The fourth-order valence-corrected chi connectivity index (χ4v) is 5.00. The fraction of sp³-hybridized carbons (Fsp3) is 0.333. The van der Waals surface area contributed by atoms with Crippen molar-refractivity contribution in [2.24, 2.45) is 0 Å². The van der Waals surface area contributed by atoms with E-state index >= 15 is 0 Å². The quantitative estimate of drug-likeness (QED) is 0.361. The number of fused-ring (bicyclic) bond motifs is 1. The number of rotatable bonds is 5. The van der Waals surface area contributed by atoms with Crippen molar-refractivity contribution in [3.8, 4) is 22.7 Å². The predicted molar refractivity (Wildman–Crippen MR) is 136 cm³/mol. The molecule has 1 atom stereocenters. The molecule has 0 radical (unpaired) electrons. The zero-order chi connectivity index (χ0) is 27.2. The lowest BCUT2D eigenvalue weighted by atomic mass is 9.98. The molecule has 3 heterocycles. The van der Waals surface area contributed by atoms with Gasteiger partial charge in [-0.1, -0.05) is 17.3 Å². The van der Waals surface area contributed by atoms with Crippen LogP contribution >= 0.6 is 0 Å². The van der Waals surface area contributed by atoms with E-state index in [0.717, 1.165) is 33.0 Å². The molecule has 0 N–H and O–H groups in total. The molecule has 0 bridgehead atoms. The number of hydrogen-bond acceptors (Lipinski definition) is 5. The summed E-state index contributed by atoms with van der Waals surface area (Å²) in [6.45, 7) is 4.19. The number of nitrogens with zero attached hydrogens (tertiary/aromatic N) is 6. The number of hydrogen-bond donors (Lipinski definition) is 0. The largest absolute Gasteiger partial charge is 0.495 e. The smallest absolute Gasteiger partial charge is 0.406 e. The second-order valence-electron chi connectivity index (χ2n) is 9.57. The van der Waals surface area contributed by atoms with E-state index in [4.69, 9.17) is 4.74 Å². The summed E-state index contributed by atoms with van der Waals surface area (Å²) in [5.74, 6) is -0.0800. The number of halogens is 3. The molecular weight excluding hydrogens is 497 g/mol. The molecule has 38 heavy (non-hydrogen) atoms. The van der Waals surface area contributed by atoms with Crippen LogP contribution in [-0.2, 0) is 11.2 Å².